The maximum Gasteiger partial charge on any atom is 0.373 e. The predicted molar refractivity (Wildman–Crippen MR) is 107 cm³/mol. The van der Waals surface area contributed by atoms with Crippen LogP contribution in [0.2, 0.25) is 0 Å². The van der Waals surface area contributed by atoms with Crippen molar-refractivity contribution in [2.24, 2.45) is 0 Å². The van der Waals surface area contributed by atoms with E-state index in [9.17, 15) is 18.8 Å². The largest absolute Gasteiger partial charge is 0.463 e. The van der Waals surface area contributed by atoms with Gasteiger partial charge in [-0.2, -0.15) is 0 Å². The lowest BCUT2D eigenvalue weighted by molar-refractivity contribution is -0.123. The van der Waals surface area contributed by atoms with Gasteiger partial charge < -0.3 is 13.7 Å². The molecule has 9 heteroatoms. The van der Waals surface area contributed by atoms with Crippen molar-refractivity contribution in [2.45, 2.75) is 6.54 Å². The van der Waals surface area contributed by atoms with Crippen LogP contribution in [0.5, 0.6) is 0 Å². The highest BCUT2D eigenvalue weighted by Crippen LogP contribution is 2.34. The van der Waals surface area contributed by atoms with Crippen LogP contribution in [0.1, 0.15) is 22.0 Å². The molecule has 1 aromatic carbocycles. The molecular formula is C21H15FN2O5S. The molecule has 7 nitrogen and oxygen atoms in total. The van der Waals surface area contributed by atoms with Gasteiger partial charge in [0.1, 0.15) is 11.6 Å². The monoisotopic (exact) mass is 426 g/mol. The Bertz CT molecular complexity index is 1180. The van der Waals surface area contributed by atoms with E-state index < -0.39 is 22.9 Å². The molecular weight excluding hydrogens is 411 g/mol. The van der Waals surface area contributed by atoms with E-state index in [2.05, 4.69) is 4.74 Å². The lowest BCUT2D eigenvalue weighted by Gasteiger charge is -2.10. The maximum absolute atomic E-state index is 14.2. The summed E-state index contributed by atoms with van der Waals surface area (Å²) in [6, 6.07) is 12.6. The van der Waals surface area contributed by atoms with Gasteiger partial charge in [-0.05, 0) is 54.2 Å². The molecule has 1 fully saturated rings. The topological polar surface area (TPSA) is 81.8 Å². The minimum atomic E-state index is -0.649. The van der Waals surface area contributed by atoms with Crippen LogP contribution in [0.4, 0.5) is 9.18 Å². The number of halogens is 1. The van der Waals surface area contributed by atoms with Crippen LogP contribution < -0.4 is 0 Å². The first-order valence-electron chi connectivity index (χ1n) is 8.82. The Morgan fingerprint density at radius 2 is 1.97 bits per heavy atom. The molecule has 152 valence electrons. The number of benzene rings is 1. The van der Waals surface area contributed by atoms with Crippen molar-refractivity contribution in [3.63, 3.8) is 0 Å². The number of para-hydroxylation sites is 1. The number of amides is 2. The summed E-state index contributed by atoms with van der Waals surface area (Å²) in [6.45, 7) is -0.118. The smallest absolute Gasteiger partial charge is 0.373 e. The molecule has 1 aliphatic rings. The fourth-order valence-electron chi connectivity index (χ4n) is 2.98. The second kappa shape index (κ2) is 8.03. The van der Waals surface area contributed by atoms with Crippen LogP contribution in [0.3, 0.4) is 0 Å². The van der Waals surface area contributed by atoms with E-state index in [-0.39, 0.29) is 23.0 Å². The highest BCUT2D eigenvalue weighted by Gasteiger charge is 2.36. The van der Waals surface area contributed by atoms with Gasteiger partial charge in [-0.15, -0.1) is 0 Å². The molecule has 0 bridgehead atoms. The summed E-state index contributed by atoms with van der Waals surface area (Å²) in [6.07, 6.45) is 3.21. The number of carbonyl (C=O) groups is 3. The maximum atomic E-state index is 14.2. The van der Waals surface area contributed by atoms with Crippen LogP contribution >= 0.6 is 11.8 Å². The van der Waals surface area contributed by atoms with Crippen LogP contribution in [-0.2, 0) is 16.1 Å². The third-order valence-electron chi connectivity index (χ3n) is 4.41. The fourth-order valence-corrected chi connectivity index (χ4v) is 3.80. The number of rotatable bonds is 5. The first-order chi connectivity index (χ1) is 14.5. The Kier molecular flexibility index (Phi) is 5.28. The summed E-state index contributed by atoms with van der Waals surface area (Å²) in [4.78, 5) is 37.8. The Balaban J connectivity index is 1.57. The Labute approximate surface area is 174 Å². The van der Waals surface area contributed by atoms with E-state index in [0.717, 1.165) is 16.7 Å². The van der Waals surface area contributed by atoms with Crippen molar-refractivity contribution in [1.82, 2.24) is 9.47 Å². The third kappa shape index (κ3) is 3.67. The first kappa shape index (κ1) is 19.7. The minimum absolute atomic E-state index is 0.0160. The van der Waals surface area contributed by atoms with Gasteiger partial charge >= 0.3 is 5.97 Å². The van der Waals surface area contributed by atoms with Gasteiger partial charge in [-0.1, -0.05) is 12.1 Å². The van der Waals surface area contributed by atoms with Gasteiger partial charge in [-0.25, -0.2) is 9.18 Å². The van der Waals surface area contributed by atoms with E-state index >= 15 is 0 Å². The summed E-state index contributed by atoms with van der Waals surface area (Å²) in [5.74, 6) is -1.30. The number of esters is 1. The summed E-state index contributed by atoms with van der Waals surface area (Å²) < 4.78 is 25.7. The number of nitrogens with zero attached hydrogens (tertiary/aromatic N) is 2. The van der Waals surface area contributed by atoms with Crippen molar-refractivity contribution in [1.29, 1.82) is 0 Å². The van der Waals surface area contributed by atoms with Gasteiger partial charge in [0.15, 0.2) is 0 Å². The van der Waals surface area contributed by atoms with Crippen molar-refractivity contribution in [3.8, 4) is 5.69 Å². The molecule has 0 saturated carbocycles. The third-order valence-corrected chi connectivity index (χ3v) is 5.31. The molecule has 0 spiro atoms. The molecule has 1 aliphatic heterocycles. The van der Waals surface area contributed by atoms with Crippen molar-refractivity contribution >= 4 is 35.0 Å². The van der Waals surface area contributed by atoms with E-state index in [1.807, 2.05) is 0 Å². The van der Waals surface area contributed by atoms with Gasteiger partial charge in [0, 0.05) is 11.9 Å². The molecule has 30 heavy (non-hydrogen) atoms. The van der Waals surface area contributed by atoms with Gasteiger partial charge in [-0.3, -0.25) is 14.5 Å². The molecule has 0 radical (unpaired) electrons. The highest BCUT2D eigenvalue weighted by atomic mass is 32.2. The summed E-state index contributed by atoms with van der Waals surface area (Å²) in [7, 11) is 1.23. The number of carbonyl (C=O) groups excluding carboxylic acids is 3. The van der Waals surface area contributed by atoms with Crippen molar-refractivity contribution < 1.29 is 27.9 Å². The van der Waals surface area contributed by atoms with Gasteiger partial charge in [0.2, 0.25) is 5.76 Å². The Morgan fingerprint density at radius 1 is 1.17 bits per heavy atom. The molecule has 3 aromatic rings. The number of furan rings is 1. The van der Waals surface area contributed by atoms with Gasteiger partial charge in [0.25, 0.3) is 11.1 Å². The Hall–Kier alpha value is -3.59. The van der Waals surface area contributed by atoms with E-state index in [4.69, 9.17) is 4.42 Å². The van der Waals surface area contributed by atoms with Crippen LogP contribution in [0.15, 0.2) is 64.1 Å². The lowest BCUT2D eigenvalue weighted by Crippen LogP contribution is -2.27. The zero-order valence-electron chi connectivity index (χ0n) is 15.7. The number of imide groups is 1. The number of ether oxygens (including phenoxy) is 1. The molecule has 0 N–H and O–H groups in total. The van der Waals surface area contributed by atoms with Gasteiger partial charge in [0.05, 0.1) is 24.2 Å². The highest BCUT2D eigenvalue weighted by molar-refractivity contribution is 8.18. The quantitative estimate of drug-likeness (QED) is 0.449. The molecule has 3 heterocycles. The predicted octanol–water partition coefficient (Wildman–Crippen LogP) is 4.23. The van der Waals surface area contributed by atoms with E-state index in [1.165, 1.54) is 25.3 Å². The van der Waals surface area contributed by atoms with Crippen molar-refractivity contribution in [3.05, 3.63) is 82.7 Å². The van der Waals surface area contributed by atoms with Crippen LogP contribution in [0.25, 0.3) is 11.8 Å². The standard InChI is InChI=1S/C21H15FN2O5S/c1-28-20(26)17-9-8-14(29-17)12-24-19(25)18(30-21(24)27)11-13-5-4-10-23(13)16-7-3-2-6-15(16)22/h2-11H,12H2,1H3. The number of aromatic nitrogens is 1. The summed E-state index contributed by atoms with van der Waals surface area (Å²) in [5, 5.41) is -0.466. The second-order valence-electron chi connectivity index (χ2n) is 6.28. The van der Waals surface area contributed by atoms with Crippen LogP contribution in [0, 0.1) is 5.82 Å². The molecule has 0 atom stereocenters. The lowest BCUT2D eigenvalue weighted by atomic mass is 10.3. The summed E-state index contributed by atoms with van der Waals surface area (Å²) >= 11 is 0.783. The summed E-state index contributed by atoms with van der Waals surface area (Å²) in [5.41, 5.74) is 0.885. The molecule has 2 aromatic heterocycles. The molecule has 2 amide bonds. The average Bonchev–Trinajstić information content (AvgIpc) is 3.45. The van der Waals surface area contributed by atoms with E-state index in [0.29, 0.717) is 11.4 Å². The SMILES string of the molecule is COC(=O)c1ccc(CN2C(=O)SC(=Cc3cccn3-c3ccccc3F)C2=O)o1. The zero-order chi connectivity index (χ0) is 21.3. The second-order valence-corrected chi connectivity index (χ2v) is 7.27. The van der Waals surface area contributed by atoms with Crippen molar-refractivity contribution in [2.75, 3.05) is 7.11 Å². The molecule has 4 rings (SSSR count). The fraction of sp³-hybridized carbons (Fsp3) is 0.0952. The van der Waals surface area contributed by atoms with Crippen LogP contribution in [-0.4, -0.2) is 33.7 Å². The molecule has 1 saturated heterocycles. The number of thioether (sulfide) groups is 1. The number of hydrogen-bond donors (Lipinski definition) is 0. The number of hydrogen-bond acceptors (Lipinski definition) is 6. The molecule has 0 aliphatic carbocycles. The molecule has 0 unspecified atom stereocenters. The number of methoxy groups -OCH3 is 1. The average molecular weight is 426 g/mol. The van der Waals surface area contributed by atoms with E-state index in [1.54, 1.807) is 47.2 Å². The zero-order valence-corrected chi connectivity index (χ0v) is 16.5. The minimum Gasteiger partial charge on any atom is -0.463 e. The first-order valence-corrected chi connectivity index (χ1v) is 9.64. The Morgan fingerprint density at radius 3 is 2.73 bits per heavy atom. The normalized spacial score (nSPS) is 15.3.